The molecule has 4 nitrogen and oxygen atoms in total. The van der Waals surface area contributed by atoms with Gasteiger partial charge < -0.3 is 0 Å². The fourth-order valence-corrected chi connectivity index (χ4v) is 3.18. The Morgan fingerprint density at radius 1 is 0.636 bits per heavy atom. The fraction of sp³-hybridized carbons (Fsp3) is 0.174. The third kappa shape index (κ3) is 5.05. The number of hydrogen-bond acceptors (Lipinski definition) is 3. The number of hydrogen-bond donors (Lipinski definition) is 0. The first kappa shape index (κ1) is 22.5. The Morgan fingerprint density at radius 2 is 1.09 bits per heavy atom. The van der Waals surface area contributed by atoms with Crippen LogP contribution in [0.5, 0.6) is 0 Å². The van der Waals surface area contributed by atoms with E-state index in [1.807, 2.05) is 19.1 Å². The number of rotatable bonds is 3. The largest absolute Gasteiger partial charge is 0.416 e. The quantitative estimate of drug-likeness (QED) is 0.434. The molecule has 171 valence electrons. The van der Waals surface area contributed by atoms with E-state index in [2.05, 4.69) is 10.5 Å². The van der Waals surface area contributed by atoms with Crippen LogP contribution >= 0.6 is 0 Å². The van der Waals surface area contributed by atoms with E-state index in [4.69, 9.17) is 0 Å². The molecule has 0 amide bonds. The highest BCUT2D eigenvalue weighted by atomic mass is 19.4. The van der Waals surface area contributed by atoms with E-state index in [1.54, 1.807) is 12.1 Å². The molecule has 0 atom stereocenters. The number of anilines is 2. The maximum atomic E-state index is 12.9. The summed E-state index contributed by atoms with van der Waals surface area (Å²) >= 11 is 0. The Balaban J connectivity index is 1.69. The highest BCUT2D eigenvalue weighted by Gasteiger charge is 2.32. The van der Waals surface area contributed by atoms with Crippen molar-refractivity contribution in [3.05, 3.63) is 95.1 Å². The van der Waals surface area contributed by atoms with Gasteiger partial charge >= 0.3 is 12.4 Å². The van der Waals surface area contributed by atoms with Gasteiger partial charge in [-0.15, -0.1) is 10.5 Å². The summed E-state index contributed by atoms with van der Waals surface area (Å²) in [5.41, 5.74) is 5.27. The van der Waals surface area contributed by atoms with Crippen LogP contribution in [0, 0.1) is 6.92 Å². The van der Waals surface area contributed by atoms with Crippen LogP contribution in [0.2, 0.25) is 0 Å². The molecule has 33 heavy (non-hydrogen) atoms. The monoisotopic (exact) mass is 463 g/mol. The SMILES string of the molecule is Cc1ccc(C2=NN(c3ccc(C(F)(F)F)cc3)CN(c3ccc(C(F)(F)F)cc3)[N]2)cc1. The number of aryl methyl sites for hydroxylation is 1. The van der Waals surface area contributed by atoms with Crippen molar-refractivity contribution in [1.29, 1.82) is 0 Å². The molecule has 0 saturated heterocycles. The van der Waals surface area contributed by atoms with E-state index in [1.165, 1.54) is 34.3 Å². The predicted octanol–water partition coefficient (Wildman–Crippen LogP) is 6.20. The van der Waals surface area contributed by atoms with Gasteiger partial charge in [-0.1, -0.05) is 29.8 Å². The predicted molar refractivity (Wildman–Crippen MR) is 113 cm³/mol. The van der Waals surface area contributed by atoms with Gasteiger partial charge in [-0.05, 0) is 55.5 Å². The molecule has 0 N–H and O–H groups in total. The third-order valence-corrected chi connectivity index (χ3v) is 4.99. The summed E-state index contributed by atoms with van der Waals surface area (Å²) in [6, 6.07) is 16.2. The number of nitrogens with zero attached hydrogens (tertiary/aromatic N) is 4. The molecule has 0 fully saturated rings. The van der Waals surface area contributed by atoms with Crippen LogP contribution in [0.15, 0.2) is 77.9 Å². The summed E-state index contributed by atoms with van der Waals surface area (Å²) in [6.07, 6.45) is -8.95. The summed E-state index contributed by atoms with van der Waals surface area (Å²) in [5, 5.41) is 7.35. The average Bonchev–Trinajstić information content (AvgIpc) is 2.78. The molecule has 1 aliphatic heterocycles. The first-order valence-electron chi connectivity index (χ1n) is 9.77. The Labute approximate surface area is 185 Å². The van der Waals surface area contributed by atoms with Crippen LogP contribution in [0.25, 0.3) is 0 Å². The van der Waals surface area contributed by atoms with Crippen molar-refractivity contribution < 1.29 is 26.3 Å². The van der Waals surface area contributed by atoms with Gasteiger partial charge in [0.1, 0.15) is 6.67 Å². The summed E-state index contributed by atoms with van der Waals surface area (Å²) in [7, 11) is 0. The molecule has 1 radical (unpaired) electrons. The highest BCUT2D eigenvalue weighted by Crippen LogP contribution is 2.33. The van der Waals surface area contributed by atoms with Crippen molar-refractivity contribution in [3.63, 3.8) is 0 Å². The smallest absolute Gasteiger partial charge is 0.242 e. The second-order valence-corrected chi connectivity index (χ2v) is 7.42. The Hall–Kier alpha value is -3.69. The summed E-state index contributed by atoms with van der Waals surface area (Å²) in [6.45, 7) is 1.90. The molecule has 3 aromatic rings. The average molecular weight is 463 g/mol. The Kier molecular flexibility index (Phi) is 5.69. The minimum absolute atomic E-state index is 0.00785. The molecule has 1 heterocycles. The van der Waals surface area contributed by atoms with Crippen molar-refractivity contribution in [2.45, 2.75) is 19.3 Å². The molecular formula is C23H17F6N4. The van der Waals surface area contributed by atoms with Gasteiger partial charge in [0.15, 0.2) is 5.84 Å². The van der Waals surface area contributed by atoms with Gasteiger partial charge in [-0.25, -0.2) is 10.0 Å². The first-order chi connectivity index (χ1) is 15.5. The van der Waals surface area contributed by atoms with E-state index in [0.29, 0.717) is 16.9 Å². The zero-order valence-electron chi connectivity index (χ0n) is 17.2. The summed E-state index contributed by atoms with van der Waals surface area (Å²) in [4.78, 5) is 0. The molecule has 0 bridgehead atoms. The van der Waals surface area contributed by atoms with E-state index >= 15 is 0 Å². The number of hydrazone groups is 1. The van der Waals surface area contributed by atoms with E-state index in [0.717, 1.165) is 29.8 Å². The molecular weight excluding hydrogens is 446 g/mol. The molecule has 0 unspecified atom stereocenters. The zero-order valence-corrected chi connectivity index (χ0v) is 17.2. The zero-order chi connectivity index (χ0) is 23.8. The molecule has 0 spiro atoms. The van der Waals surface area contributed by atoms with Gasteiger partial charge in [0.05, 0.1) is 22.5 Å². The van der Waals surface area contributed by atoms with Crippen LogP contribution in [0.1, 0.15) is 22.3 Å². The first-order valence-corrected chi connectivity index (χ1v) is 9.77. The van der Waals surface area contributed by atoms with E-state index in [9.17, 15) is 26.3 Å². The van der Waals surface area contributed by atoms with E-state index < -0.39 is 23.5 Å². The third-order valence-electron chi connectivity index (χ3n) is 4.99. The van der Waals surface area contributed by atoms with Gasteiger partial charge in [0.25, 0.3) is 0 Å². The molecule has 0 saturated carbocycles. The standard InChI is InChI=1S/C23H17F6N4/c1-15-2-4-16(5-3-15)21-30-32(19-10-6-17(7-11-19)22(24,25)26)14-33(31-21)20-12-8-18(9-13-20)23(27,28)29/h2-13H,14H2,1H3. The maximum Gasteiger partial charge on any atom is 0.416 e. The lowest BCUT2D eigenvalue weighted by Crippen LogP contribution is -2.48. The van der Waals surface area contributed by atoms with Crippen LogP contribution in [0.4, 0.5) is 37.7 Å². The second kappa shape index (κ2) is 8.34. The molecule has 0 aromatic heterocycles. The van der Waals surface area contributed by atoms with Crippen LogP contribution in [-0.2, 0) is 12.4 Å². The number of halogens is 6. The minimum Gasteiger partial charge on any atom is -0.242 e. The van der Waals surface area contributed by atoms with Crippen LogP contribution < -0.4 is 15.4 Å². The molecule has 1 aliphatic rings. The Bertz CT molecular complexity index is 1130. The highest BCUT2D eigenvalue weighted by molar-refractivity contribution is 6.00. The van der Waals surface area contributed by atoms with Crippen molar-refractivity contribution in [1.82, 2.24) is 5.43 Å². The van der Waals surface area contributed by atoms with Gasteiger partial charge in [-0.3, -0.25) is 0 Å². The van der Waals surface area contributed by atoms with Gasteiger partial charge in [0, 0.05) is 5.56 Å². The van der Waals surface area contributed by atoms with Gasteiger partial charge in [0.2, 0.25) is 0 Å². The van der Waals surface area contributed by atoms with Crippen molar-refractivity contribution in [3.8, 4) is 0 Å². The fourth-order valence-electron chi connectivity index (χ4n) is 3.18. The topological polar surface area (TPSA) is 32.9 Å². The van der Waals surface area contributed by atoms with Crippen molar-refractivity contribution in [2.75, 3.05) is 16.7 Å². The second-order valence-electron chi connectivity index (χ2n) is 7.42. The molecule has 0 aliphatic carbocycles. The van der Waals surface area contributed by atoms with Crippen molar-refractivity contribution >= 4 is 17.2 Å². The molecule has 10 heteroatoms. The number of amidine groups is 1. The van der Waals surface area contributed by atoms with Crippen LogP contribution in [-0.4, -0.2) is 12.5 Å². The lowest BCUT2D eigenvalue weighted by Gasteiger charge is -2.34. The maximum absolute atomic E-state index is 12.9. The van der Waals surface area contributed by atoms with Crippen LogP contribution in [0.3, 0.4) is 0 Å². The lowest BCUT2D eigenvalue weighted by atomic mass is 10.1. The lowest BCUT2D eigenvalue weighted by molar-refractivity contribution is -0.138. The molecule has 3 aromatic carbocycles. The minimum atomic E-state index is -4.47. The number of benzene rings is 3. The summed E-state index contributed by atoms with van der Waals surface area (Å²) < 4.78 is 77.6. The normalized spacial score (nSPS) is 14.7. The van der Waals surface area contributed by atoms with Gasteiger partial charge in [-0.2, -0.15) is 26.3 Å². The van der Waals surface area contributed by atoms with E-state index in [-0.39, 0.29) is 12.5 Å². The van der Waals surface area contributed by atoms with Crippen molar-refractivity contribution in [2.24, 2.45) is 5.10 Å². The Morgan fingerprint density at radius 3 is 1.55 bits per heavy atom. The number of alkyl halides is 6. The summed E-state index contributed by atoms with van der Waals surface area (Å²) in [5.74, 6) is 0.265. The molecule has 4 rings (SSSR count).